The van der Waals surface area contributed by atoms with Gasteiger partial charge in [-0.25, -0.2) is 0 Å². The summed E-state index contributed by atoms with van der Waals surface area (Å²) in [5.74, 6) is 1.19. The van der Waals surface area contributed by atoms with Crippen LogP contribution in [0.1, 0.15) is 29.7 Å². The lowest BCUT2D eigenvalue weighted by atomic mass is 10.2. The lowest BCUT2D eigenvalue weighted by Gasteiger charge is -2.26. The van der Waals surface area contributed by atoms with Crippen LogP contribution in [0.5, 0.6) is 0 Å². The summed E-state index contributed by atoms with van der Waals surface area (Å²) in [5.41, 5.74) is 9.49. The molecule has 0 saturated heterocycles. The number of aryl methyl sites for hydroxylation is 2. The maximum atomic E-state index is 5.94. The molecule has 1 saturated carbocycles. The maximum absolute atomic E-state index is 5.94. The van der Waals surface area contributed by atoms with Crippen LogP contribution in [-0.4, -0.2) is 15.8 Å². The van der Waals surface area contributed by atoms with Gasteiger partial charge >= 0.3 is 0 Å². The second kappa shape index (κ2) is 5.29. The molecule has 0 bridgehead atoms. The average molecular weight is 270 g/mol. The first-order valence-electron chi connectivity index (χ1n) is 7.23. The largest absolute Gasteiger partial charge is 0.349 e. The van der Waals surface area contributed by atoms with Gasteiger partial charge in [-0.05, 0) is 25.3 Å². The third kappa shape index (κ3) is 2.43. The predicted octanol–water partition coefficient (Wildman–Crippen LogP) is 2.36. The molecule has 0 aliphatic heterocycles. The van der Waals surface area contributed by atoms with Crippen LogP contribution in [0.25, 0.3) is 0 Å². The Hall–Kier alpha value is -1.81. The molecule has 2 aromatic rings. The highest BCUT2D eigenvalue weighted by molar-refractivity contribution is 5.52. The van der Waals surface area contributed by atoms with E-state index in [1.807, 2.05) is 18.7 Å². The maximum Gasteiger partial charge on any atom is 0.131 e. The lowest BCUT2D eigenvalue weighted by Crippen LogP contribution is -2.28. The number of anilines is 1. The van der Waals surface area contributed by atoms with Gasteiger partial charge in [0.2, 0.25) is 0 Å². The summed E-state index contributed by atoms with van der Waals surface area (Å²) < 4.78 is 1.98. The number of hydrogen-bond acceptors (Lipinski definition) is 3. The predicted molar refractivity (Wildman–Crippen MR) is 81.5 cm³/mol. The van der Waals surface area contributed by atoms with Gasteiger partial charge in [0.15, 0.2) is 0 Å². The van der Waals surface area contributed by atoms with Crippen molar-refractivity contribution in [3.8, 4) is 0 Å². The number of nitrogens with zero attached hydrogens (tertiary/aromatic N) is 3. The minimum Gasteiger partial charge on any atom is -0.349 e. The normalized spacial score (nSPS) is 14.6. The Bertz CT molecular complexity index is 584. The molecule has 1 aliphatic carbocycles. The smallest absolute Gasteiger partial charge is 0.131 e. The standard InChI is InChI=1S/C16H22N4/c1-12-15(10-17)16(19(2)18-12)20(14-8-9-14)11-13-6-4-3-5-7-13/h3-7,14H,8-11,17H2,1-2H3. The van der Waals surface area contributed by atoms with Gasteiger partial charge < -0.3 is 10.6 Å². The molecule has 20 heavy (non-hydrogen) atoms. The van der Waals surface area contributed by atoms with Gasteiger partial charge in [-0.2, -0.15) is 5.10 Å². The molecule has 1 aromatic carbocycles. The van der Waals surface area contributed by atoms with E-state index in [-0.39, 0.29) is 0 Å². The van der Waals surface area contributed by atoms with Gasteiger partial charge in [-0.3, -0.25) is 4.68 Å². The third-order valence-electron chi connectivity index (χ3n) is 3.97. The zero-order valence-corrected chi connectivity index (χ0v) is 12.2. The van der Waals surface area contributed by atoms with Crippen LogP contribution in [0.3, 0.4) is 0 Å². The van der Waals surface area contributed by atoms with Crippen molar-refractivity contribution in [3.05, 3.63) is 47.2 Å². The molecule has 3 rings (SSSR count). The van der Waals surface area contributed by atoms with Crippen molar-refractivity contribution < 1.29 is 0 Å². The first-order chi connectivity index (χ1) is 9.70. The Balaban J connectivity index is 1.95. The van der Waals surface area contributed by atoms with Crippen LogP contribution >= 0.6 is 0 Å². The summed E-state index contributed by atoms with van der Waals surface area (Å²) in [5, 5.41) is 4.55. The number of benzene rings is 1. The van der Waals surface area contributed by atoms with E-state index in [9.17, 15) is 0 Å². The topological polar surface area (TPSA) is 47.1 Å². The number of rotatable bonds is 5. The summed E-state index contributed by atoms with van der Waals surface area (Å²) in [7, 11) is 2.02. The minimum absolute atomic E-state index is 0.549. The van der Waals surface area contributed by atoms with Crippen molar-refractivity contribution in [1.82, 2.24) is 9.78 Å². The zero-order valence-electron chi connectivity index (χ0n) is 12.2. The first-order valence-corrected chi connectivity index (χ1v) is 7.23. The van der Waals surface area contributed by atoms with Crippen LogP contribution in [0, 0.1) is 6.92 Å². The SMILES string of the molecule is Cc1nn(C)c(N(Cc2ccccc2)C2CC2)c1CN. The van der Waals surface area contributed by atoms with Crippen molar-refractivity contribution >= 4 is 5.82 Å². The minimum atomic E-state index is 0.549. The van der Waals surface area contributed by atoms with Crippen molar-refractivity contribution in [2.45, 2.75) is 38.9 Å². The summed E-state index contributed by atoms with van der Waals surface area (Å²) in [4.78, 5) is 2.47. The molecule has 0 radical (unpaired) electrons. The third-order valence-corrected chi connectivity index (χ3v) is 3.97. The highest BCUT2D eigenvalue weighted by atomic mass is 15.4. The number of aromatic nitrogens is 2. The van der Waals surface area contributed by atoms with Crippen molar-refractivity contribution in [1.29, 1.82) is 0 Å². The second-order valence-electron chi connectivity index (χ2n) is 5.56. The molecule has 106 valence electrons. The van der Waals surface area contributed by atoms with Crippen LogP contribution in [-0.2, 0) is 20.1 Å². The summed E-state index contributed by atoms with van der Waals surface area (Å²) in [6.07, 6.45) is 2.53. The number of nitrogens with two attached hydrogens (primary N) is 1. The fraction of sp³-hybridized carbons (Fsp3) is 0.438. The van der Waals surface area contributed by atoms with Gasteiger partial charge in [-0.1, -0.05) is 30.3 Å². The molecular formula is C16H22N4. The molecule has 0 atom stereocenters. The van der Waals surface area contributed by atoms with Gasteiger partial charge in [-0.15, -0.1) is 0 Å². The monoisotopic (exact) mass is 270 g/mol. The molecule has 0 amide bonds. The van der Waals surface area contributed by atoms with Gasteiger partial charge in [0, 0.05) is 31.7 Å². The van der Waals surface area contributed by atoms with Crippen LogP contribution in [0.15, 0.2) is 30.3 Å². The Morgan fingerprint density at radius 2 is 2.00 bits per heavy atom. The van der Waals surface area contributed by atoms with E-state index in [1.165, 1.54) is 29.8 Å². The Labute approximate surface area is 120 Å². The molecule has 1 aromatic heterocycles. The molecule has 0 unspecified atom stereocenters. The number of hydrogen-bond donors (Lipinski definition) is 1. The summed E-state index contributed by atoms with van der Waals surface area (Å²) >= 11 is 0. The van der Waals surface area contributed by atoms with E-state index in [2.05, 4.69) is 40.3 Å². The van der Waals surface area contributed by atoms with Gasteiger partial charge in [0.25, 0.3) is 0 Å². The Morgan fingerprint density at radius 1 is 1.30 bits per heavy atom. The Kier molecular flexibility index (Phi) is 3.49. The highest BCUT2D eigenvalue weighted by Gasteiger charge is 2.32. The second-order valence-corrected chi connectivity index (χ2v) is 5.56. The van der Waals surface area contributed by atoms with E-state index in [4.69, 9.17) is 5.73 Å². The van der Waals surface area contributed by atoms with Gasteiger partial charge in [0.1, 0.15) is 5.82 Å². The molecule has 1 fully saturated rings. The fourth-order valence-corrected chi connectivity index (χ4v) is 2.83. The average Bonchev–Trinajstić information content (AvgIpc) is 3.23. The van der Waals surface area contributed by atoms with Crippen molar-refractivity contribution in [2.75, 3.05) is 4.90 Å². The van der Waals surface area contributed by atoms with Crippen LogP contribution in [0.2, 0.25) is 0 Å². The molecule has 1 aliphatic rings. The molecule has 2 N–H and O–H groups in total. The van der Waals surface area contributed by atoms with Gasteiger partial charge in [0.05, 0.1) is 5.69 Å². The summed E-state index contributed by atoms with van der Waals surface area (Å²) in [6.45, 7) is 3.52. The highest BCUT2D eigenvalue weighted by Crippen LogP contribution is 2.35. The van der Waals surface area contributed by atoms with Crippen molar-refractivity contribution in [2.24, 2.45) is 12.8 Å². The fourth-order valence-electron chi connectivity index (χ4n) is 2.83. The van der Waals surface area contributed by atoms with E-state index in [0.29, 0.717) is 12.6 Å². The summed E-state index contributed by atoms with van der Waals surface area (Å²) in [6, 6.07) is 11.2. The molecule has 0 spiro atoms. The first kappa shape index (κ1) is 13.2. The molecular weight excluding hydrogens is 248 g/mol. The molecule has 1 heterocycles. The van der Waals surface area contributed by atoms with E-state index < -0.39 is 0 Å². The van der Waals surface area contributed by atoms with E-state index in [0.717, 1.165) is 12.2 Å². The van der Waals surface area contributed by atoms with Crippen LogP contribution < -0.4 is 10.6 Å². The molecule has 4 heteroatoms. The lowest BCUT2D eigenvalue weighted by molar-refractivity contribution is 0.689. The van der Waals surface area contributed by atoms with E-state index in [1.54, 1.807) is 0 Å². The quantitative estimate of drug-likeness (QED) is 0.907. The molecule has 4 nitrogen and oxygen atoms in total. The van der Waals surface area contributed by atoms with Crippen LogP contribution in [0.4, 0.5) is 5.82 Å². The van der Waals surface area contributed by atoms with Crippen molar-refractivity contribution in [3.63, 3.8) is 0 Å². The van der Waals surface area contributed by atoms with E-state index >= 15 is 0 Å². The Morgan fingerprint density at radius 3 is 2.60 bits per heavy atom. The zero-order chi connectivity index (χ0) is 14.1.